The molecule has 18 heavy (non-hydrogen) atoms. The van der Waals surface area contributed by atoms with E-state index < -0.39 is 0 Å². The second-order valence-electron chi connectivity index (χ2n) is 5.10. The van der Waals surface area contributed by atoms with Gasteiger partial charge in [-0.15, -0.1) is 0 Å². The number of aliphatic hydroxyl groups excluding tert-OH is 1. The summed E-state index contributed by atoms with van der Waals surface area (Å²) in [6.45, 7) is 5.09. The first-order valence-corrected chi connectivity index (χ1v) is 6.84. The third-order valence-electron chi connectivity index (χ3n) is 3.38. The quantitative estimate of drug-likeness (QED) is 0.876. The first kappa shape index (κ1) is 15.5. The van der Waals surface area contributed by atoms with Crippen LogP contribution in [0.3, 0.4) is 0 Å². The minimum absolute atomic E-state index is 0.152. The maximum Gasteiger partial charge on any atom is 0.122 e. The number of benzene rings is 1. The van der Waals surface area contributed by atoms with Crippen molar-refractivity contribution in [2.75, 3.05) is 27.3 Å². The molecule has 0 aliphatic carbocycles. The summed E-state index contributed by atoms with van der Waals surface area (Å²) >= 11 is 3.48. The van der Waals surface area contributed by atoms with Gasteiger partial charge in [0.25, 0.3) is 0 Å². The molecule has 1 N–H and O–H groups in total. The molecule has 0 aliphatic rings. The van der Waals surface area contributed by atoms with E-state index in [1.165, 1.54) is 5.56 Å². The Labute approximate surface area is 118 Å². The highest BCUT2D eigenvalue weighted by Crippen LogP contribution is 2.24. The number of methoxy groups -OCH3 is 1. The molecule has 102 valence electrons. The maximum atomic E-state index is 9.33. The lowest BCUT2D eigenvalue weighted by molar-refractivity contribution is 0.0799. The highest BCUT2D eigenvalue weighted by Gasteiger charge is 2.22. The molecule has 0 atom stereocenters. The zero-order chi connectivity index (χ0) is 13.8. The van der Waals surface area contributed by atoms with E-state index in [0.29, 0.717) is 0 Å². The maximum absolute atomic E-state index is 9.33. The standard InChI is InChI=1S/C14H22BrNO2/c1-14(2,10-17)16(3)8-7-11-9-12(15)5-6-13(11)18-4/h5-6,9,17H,7-8,10H2,1-4H3. The summed E-state index contributed by atoms with van der Waals surface area (Å²) in [4.78, 5) is 2.16. The van der Waals surface area contributed by atoms with Gasteiger partial charge in [0.15, 0.2) is 0 Å². The Kier molecular flexibility index (Phi) is 5.63. The zero-order valence-corrected chi connectivity index (χ0v) is 13.1. The fourth-order valence-corrected chi connectivity index (χ4v) is 2.06. The van der Waals surface area contributed by atoms with Gasteiger partial charge in [-0.05, 0) is 51.1 Å². The van der Waals surface area contributed by atoms with Gasteiger partial charge in [0.2, 0.25) is 0 Å². The topological polar surface area (TPSA) is 32.7 Å². The van der Waals surface area contributed by atoms with E-state index in [-0.39, 0.29) is 12.1 Å². The molecule has 0 saturated heterocycles. The van der Waals surface area contributed by atoms with E-state index in [4.69, 9.17) is 4.74 Å². The Balaban J connectivity index is 2.71. The van der Waals surface area contributed by atoms with Crippen LogP contribution in [0.2, 0.25) is 0 Å². The number of rotatable bonds is 6. The third-order valence-corrected chi connectivity index (χ3v) is 3.87. The number of ether oxygens (including phenoxy) is 1. The highest BCUT2D eigenvalue weighted by molar-refractivity contribution is 9.10. The predicted octanol–water partition coefficient (Wildman–Crippen LogP) is 2.70. The summed E-state index contributed by atoms with van der Waals surface area (Å²) < 4.78 is 6.41. The van der Waals surface area contributed by atoms with Gasteiger partial charge in [0, 0.05) is 16.6 Å². The highest BCUT2D eigenvalue weighted by atomic mass is 79.9. The molecule has 3 nitrogen and oxygen atoms in total. The number of hydrogen-bond donors (Lipinski definition) is 1. The largest absolute Gasteiger partial charge is 0.496 e. The van der Waals surface area contributed by atoms with Crippen LogP contribution in [0.15, 0.2) is 22.7 Å². The molecule has 0 amide bonds. The van der Waals surface area contributed by atoms with Gasteiger partial charge < -0.3 is 9.84 Å². The number of halogens is 1. The van der Waals surface area contributed by atoms with Crippen LogP contribution in [0.5, 0.6) is 5.75 Å². The van der Waals surface area contributed by atoms with Crippen LogP contribution in [0.4, 0.5) is 0 Å². The van der Waals surface area contributed by atoms with E-state index >= 15 is 0 Å². The fourth-order valence-electron chi connectivity index (χ4n) is 1.65. The first-order chi connectivity index (χ1) is 8.40. The minimum Gasteiger partial charge on any atom is -0.496 e. The van der Waals surface area contributed by atoms with Crippen LogP contribution in [0.25, 0.3) is 0 Å². The van der Waals surface area contributed by atoms with Gasteiger partial charge in [0.05, 0.1) is 13.7 Å². The molecule has 1 rings (SSSR count). The molecular weight excluding hydrogens is 294 g/mol. The van der Waals surface area contributed by atoms with Crippen LogP contribution in [0, 0.1) is 0 Å². The summed E-state index contributed by atoms with van der Waals surface area (Å²) in [7, 11) is 3.72. The Morgan fingerprint density at radius 3 is 2.61 bits per heavy atom. The molecular formula is C14H22BrNO2. The number of nitrogens with zero attached hydrogens (tertiary/aromatic N) is 1. The van der Waals surface area contributed by atoms with Crippen LogP contribution in [0.1, 0.15) is 19.4 Å². The average molecular weight is 316 g/mol. The third kappa shape index (κ3) is 3.97. The monoisotopic (exact) mass is 315 g/mol. The molecule has 0 heterocycles. The summed E-state index contributed by atoms with van der Waals surface area (Å²) in [5, 5.41) is 9.33. The Morgan fingerprint density at radius 1 is 1.39 bits per heavy atom. The second-order valence-corrected chi connectivity index (χ2v) is 6.01. The molecule has 0 bridgehead atoms. The molecule has 0 spiro atoms. The van der Waals surface area contributed by atoms with Gasteiger partial charge in [0.1, 0.15) is 5.75 Å². The van der Waals surface area contributed by atoms with Crippen LogP contribution in [-0.4, -0.2) is 42.9 Å². The fraction of sp³-hybridized carbons (Fsp3) is 0.571. The summed E-state index contributed by atoms with van der Waals surface area (Å²) in [6, 6.07) is 6.03. The van der Waals surface area contributed by atoms with Crippen molar-refractivity contribution in [1.29, 1.82) is 0 Å². The lowest BCUT2D eigenvalue weighted by Crippen LogP contribution is -2.45. The first-order valence-electron chi connectivity index (χ1n) is 6.05. The number of aliphatic hydroxyl groups is 1. The SMILES string of the molecule is COc1ccc(Br)cc1CCN(C)C(C)(C)CO. The van der Waals surface area contributed by atoms with Gasteiger partial charge in [-0.2, -0.15) is 0 Å². The number of likely N-dealkylation sites (N-methyl/N-ethyl adjacent to an activating group) is 1. The normalized spacial score (nSPS) is 11.9. The Morgan fingerprint density at radius 2 is 2.06 bits per heavy atom. The van der Waals surface area contributed by atoms with Crippen molar-refractivity contribution >= 4 is 15.9 Å². The van der Waals surface area contributed by atoms with Crippen LogP contribution >= 0.6 is 15.9 Å². The molecule has 0 saturated carbocycles. The van der Waals surface area contributed by atoms with Gasteiger partial charge in [-0.25, -0.2) is 0 Å². The van der Waals surface area contributed by atoms with Crippen molar-refractivity contribution in [3.05, 3.63) is 28.2 Å². The zero-order valence-electron chi connectivity index (χ0n) is 11.5. The van der Waals surface area contributed by atoms with Crippen molar-refractivity contribution in [1.82, 2.24) is 4.90 Å². The van der Waals surface area contributed by atoms with E-state index in [1.54, 1.807) is 7.11 Å². The van der Waals surface area contributed by atoms with Gasteiger partial charge in [-0.3, -0.25) is 4.90 Å². The summed E-state index contributed by atoms with van der Waals surface area (Å²) in [6.07, 6.45) is 0.891. The Bertz CT molecular complexity index is 393. The van der Waals surface area contributed by atoms with Gasteiger partial charge >= 0.3 is 0 Å². The van der Waals surface area contributed by atoms with E-state index in [0.717, 1.165) is 23.2 Å². The molecule has 0 radical (unpaired) electrons. The van der Waals surface area contributed by atoms with Crippen molar-refractivity contribution in [2.24, 2.45) is 0 Å². The molecule has 0 aromatic heterocycles. The van der Waals surface area contributed by atoms with E-state index in [2.05, 4.69) is 26.9 Å². The lowest BCUT2D eigenvalue weighted by Gasteiger charge is -2.34. The smallest absolute Gasteiger partial charge is 0.122 e. The van der Waals surface area contributed by atoms with Crippen molar-refractivity contribution < 1.29 is 9.84 Å². The van der Waals surface area contributed by atoms with Crippen molar-refractivity contribution in [3.8, 4) is 5.75 Å². The van der Waals surface area contributed by atoms with Crippen molar-refractivity contribution in [2.45, 2.75) is 25.8 Å². The van der Waals surface area contributed by atoms with Crippen LogP contribution in [-0.2, 0) is 6.42 Å². The van der Waals surface area contributed by atoms with Gasteiger partial charge in [-0.1, -0.05) is 15.9 Å². The molecule has 0 unspecified atom stereocenters. The second kappa shape index (κ2) is 6.55. The molecule has 1 aromatic rings. The van der Waals surface area contributed by atoms with E-state index in [1.807, 2.05) is 33.0 Å². The van der Waals surface area contributed by atoms with Crippen LogP contribution < -0.4 is 4.74 Å². The minimum atomic E-state index is -0.195. The molecule has 0 aliphatic heterocycles. The Hall–Kier alpha value is -0.580. The molecule has 1 aromatic carbocycles. The van der Waals surface area contributed by atoms with E-state index in [9.17, 15) is 5.11 Å². The van der Waals surface area contributed by atoms with Crippen molar-refractivity contribution in [3.63, 3.8) is 0 Å². The summed E-state index contributed by atoms with van der Waals surface area (Å²) in [5.74, 6) is 0.911. The predicted molar refractivity (Wildman–Crippen MR) is 78.2 cm³/mol. The number of hydrogen-bond acceptors (Lipinski definition) is 3. The summed E-state index contributed by atoms with van der Waals surface area (Å²) in [5.41, 5.74) is 0.978. The molecule has 0 fully saturated rings. The molecule has 4 heteroatoms. The lowest BCUT2D eigenvalue weighted by atomic mass is 10.0. The average Bonchev–Trinajstić information content (AvgIpc) is 2.36.